The van der Waals surface area contributed by atoms with Crippen molar-refractivity contribution in [2.45, 2.75) is 26.3 Å². The van der Waals surface area contributed by atoms with Crippen molar-refractivity contribution in [3.63, 3.8) is 0 Å². The van der Waals surface area contributed by atoms with Crippen molar-refractivity contribution in [2.75, 3.05) is 18.9 Å². The van der Waals surface area contributed by atoms with Gasteiger partial charge >= 0.3 is 0 Å². The quantitative estimate of drug-likeness (QED) is 0.323. The van der Waals surface area contributed by atoms with Gasteiger partial charge in [0, 0.05) is 60.2 Å². The Morgan fingerprint density at radius 1 is 1.11 bits per heavy atom. The molecule has 0 saturated carbocycles. The third kappa shape index (κ3) is 4.16. The number of oxazole rings is 1. The number of pyridine rings is 2. The zero-order chi connectivity index (χ0) is 26.6. The molecule has 5 heterocycles. The van der Waals surface area contributed by atoms with Crippen molar-refractivity contribution in [2.24, 2.45) is 0 Å². The second-order valence-electron chi connectivity index (χ2n) is 9.48. The lowest BCUT2D eigenvalue weighted by molar-refractivity contribution is -0.130. The Kier molecular flexibility index (Phi) is 5.83. The molecule has 1 unspecified atom stereocenters. The fourth-order valence-electron chi connectivity index (χ4n) is 4.80. The van der Waals surface area contributed by atoms with Gasteiger partial charge < -0.3 is 14.6 Å². The number of nitrogens with one attached hydrogen (secondary N) is 1. The molecule has 0 bridgehead atoms. The van der Waals surface area contributed by atoms with E-state index < -0.39 is 5.82 Å². The summed E-state index contributed by atoms with van der Waals surface area (Å²) < 4.78 is 22.4. The maximum atomic E-state index is 15.4. The predicted octanol–water partition coefficient (Wildman–Crippen LogP) is 5.57. The summed E-state index contributed by atoms with van der Waals surface area (Å²) in [6.07, 6.45) is 6.14. The summed E-state index contributed by atoms with van der Waals surface area (Å²) in [5.41, 5.74) is 3.25. The Morgan fingerprint density at radius 2 is 1.95 bits per heavy atom. The van der Waals surface area contributed by atoms with Crippen LogP contribution in [0.3, 0.4) is 0 Å². The van der Waals surface area contributed by atoms with Crippen LogP contribution < -0.4 is 5.32 Å². The monoisotopic (exact) mass is 531 g/mol. The van der Waals surface area contributed by atoms with E-state index >= 15 is 4.39 Å². The standard InChI is InChI=1S/C27H23ClFN7O2/c1-14-6-20(27-30-4-5-38-27)31-10-18(14)17-7-16-8-22(32-11-19(16)25(28)26(17)29)33-23-9-21-15(2)12-35(3)24(37)13-36(21)34-23/h4-11,15H,12-13H2,1-3H3,(H,32,33,34). The lowest BCUT2D eigenvalue weighted by Gasteiger charge is -2.16. The summed E-state index contributed by atoms with van der Waals surface area (Å²) in [6.45, 7) is 4.74. The first kappa shape index (κ1) is 24.1. The van der Waals surface area contributed by atoms with Crippen LogP contribution in [0.2, 0.25) is 5.02 Å². The number of benzene rings is 1. The van der Waals surface area contributed by atoms with Gasteiger partial charge in [-0.1, -0.05) is 18.5 Å². The predicted molar refractivity (Wildman–Crippen MR) is 142 cm³/mol. The highest BCUT2D eigenvalue weighted by atomic mass is 35.5. The van der Waals surface area contributed by atoms with Crippen LogP contribution in [0, 0.1) is 12.7 Å². The number of likely N-dealkylation sites (N-methyl/N-ethyl adjacent to an activating group) is 1. The third-order valence-corrected chi connectivity index (χ3v) is 7.15. The maximum Gasteiger partial charge on any atom is 0.244 e. The number of carbonyl (C=O) groups is 1. The molecule has 1 aliphatic heterocycles. The zero-order valence-corrected chi connectivity index (χ0v) is 21.6. The molecule has 1 aliphatic rings. The highest BCUT2D eigenvalue weighted by molar-refractivity contribution is 6.36. The molecule has 0 fully saturated rings. The van der Waals surface area contributed by atoms with Crippen LogP contribution in [0.4, 0.5) is 16.0 Å². The average Bonchev–Trinajstić information content (AvgIpc) is 3.55. The summed E-state index contributed by atoms with van der Waals surface area (Å²) >= 11 is 6.45. The van der Waals surface area contributed by atoms with E-state index in [2.05, 4.69) is 32.3 Å². The van der Waals surface area contributed by atoms with E-state index in [1.54, 1.807) is 47.2 Å². The molecule has 0 aliphatic carbocycles. The molecule has 5 aromatic rings. The van der Waals surface area contributed by atoms with Crippen molar-refractivity contribution in [3.05, 3.63) is 71.2 Å². The smallest absolute Gasteiger partial charge is 0.244 e. The fraction of sp³-hybridized carbons (Fsp3) is 0.222. The molecule has 192 valence electrons. The van der Waals surface area contributed by atoms with Gasteiger partial charge in [0.2, 0.25) is 11.8 Å². The molecule has 1 amide bonds. The summed E-state index contributed by atoms with van der Waals surface area (Å²) in [6, 6.07) is 7.25. The number of amides is 1. The Morgan fingerprint density at radius 3 is 2.71 bits per heavy atom. The van der Waals surface area contributed by atoms with E-state index in [0.717, 1.165) is 11.3 Å². The number of rotatable bonds is 4. The van der Waals surface area contributed by atoms with Crippen molar-refractivity contribution in [1.82, 2.24) is 29.6 Å². The highest BCUT2D eigenvalue weighted by Gasteiger charge is 2.25. The molecule has 4 aromatic heterocycles. The summed E-state index contributed by atoms with van der Waals surface area (Å²) in [4.78, 5) is 27.0. The summed E-state index contributed by atoms with van der Waals surface area (Å²) in [5, 5.41) is 8.96. The molecule has 1 N–H and O–H groups in total. The van der Waals surface area contributed by atoms with Crippen LogP contribution >= 0.6 is 11.6 Å². The van der Waals surface area contributed by atoms with Crippen LogP contribution in [0.1, 0.15) is 24.1 Å². The van der Waals surface area contributed by atoms with E-state index in [0.29, 0.717) is 51.7 Å². The molecule has 9 nitrogen and oxygen atoms in total. The van der Waals surface area contributed by atoms with Crippen molar-refractivity contribution < 1.29 is 13.6 Å². The van der Waals surface area contributed by atoms with Gasteiger partial charge in [-0.2, -0.15) is 5.10 Å². The van der Waals surface area contributed by atoms with Gasteiger partial charge in [0.05, 0.1) is 11.2 Å². The topological polar surface area (TPSA) is 102 Å². The highest BCUT2D eigenvalue weighted by Crippen LogP contribution is 2.37. The SMILES string of the molecule is Cc1cc(-c2ncco2)ncc1-c1cc2cc(Nc3cc4n(n3)CC(=O)N(C)CC4C)ncc2c(Cl)c1F. The normalized spacial score (nSPS) is 15.6. The Balaban J connectivity index is 1.35. The number of aryl methyl sites for hydroxylation is 1. The van der Waals surface area contributed by atoms with Crippen molar-refractivity contribution in [3.8, 4) is 22.7 Å². The maximum absolute atomic E-state index is 15.4. The van der Waals surface area contributed by atoms with Crippen molar-refractivity contribution >= 4 is 39.9 Å². The molecule has 1 atom stereocenters. The Labute approximate surface area is 222 Å². The van der Waals surface area contributed by atoms with Crippen molar-refractivity contribution in [1.29, 1.82) is 0 Å². The average molecular weight is 532 g/mol. The van der Waals surface area contributed by atoms with Crippen LogP contribution in [0.5, 0.6) is 0 Å². The third-order valence-electron chi connectivity index (χ3n) is 6.78. The number of hydrogen-bond acceptors (Lipinski definition) is 7. The first-order valence-corrected chi connectivity index (χ1v) is 12.4. The molecule has 0 spiro atoms. The summed E-state index contributed by atoms with van der Waals surface area (Å²) in [7, 11) is 1.80. The van der Waals surface area contributed by atoms with Crippen LogP contribution in [-0.2, 0) is 11.3 Å². The molecule has 1 aromatic carbocycles. The molecular weight excluding hydrogens is 509 g/mol. The minimum Gasteiger partial charge on any atom is -0.443 e. The molecule has 0 radical (unpaired) electrons. The minimum absolute atomic E-state index is 0.0107. The zero-order valence-electron chi connectivity index (χ0n) is 20.9. The molecule has 38 heavy (non-hydrogen) atoms. The fourth-order valence-corrected chi connectivity index (χ4v) is 5.06. The molecule has 0 saturated heterocycles. The number of nitrogens with zero attached hydrogens (tertiary/aromatic N) is 6. The van der Waals surface area contributed by atoms with E-state index in [1.165, 1.54) is 12.5 Å². The van der Waals surface area contributed by atoms with Gasteiger partial charge in [-0.05, 0) is 36.1 Å². The summed E-state index contributed by atoms with van der Waals surface area (Å²) in [5.74, 6) is 1.08. The largest absolute Gasteiger partial charge is 0.443 e. The first-order chi connectivity index (χ1) is 18.3. The van der Waals surface area contributed by atoms with Crippen LogP contribution in [0.15, 0.2) is 53.5 Å². The first-order valence-electron chi connectivity index (χ1n) is 12.0. The van der Waals surface area contributed by atoms with E-state index in [4.69, 9.17) is 16.0 Å². The number of halogens is 2. The Bertz CT molecular complexity index is 1700. The van der Waals surface area contributed by atoms with Gasteiger partial charge in [0.1, 0.15) is 30.1 Å². The van der Waals surface area contributed by atoms with E-state index in [1.807, 2.05) is 13.0 Å². The number of anilines is 2. The molecule has 6 rings (SSSR count). The lowest BCUT2D eigenvalue weighted by atomic mass is 9.98. The number of carbonyl (C=O) groups excluding carboxylic acids is 1. The molecular formula is C27H23ClFN7O2. The van der Waals surface area contributed by atoms with Crippen LogP contribution in [-0.4, -0.2) is 49.1 Å². The minimum atomic E-state index is -0.545. The van der Waals surface area contributed by atoms with Gasteiger partial charge in [-0.3, -0.25) is 14.5 Å². The van der Waals surface area contributed by atoms with Gasteiger partial charge in [0.25, 0.3) is 0 Å². The van der Waals surface area contributed by atoms with E-state index in [-0.39, 0.29) is 23.4 Å². The van der Waals surface area contributed by atoms with E-state index in [9.17, 15) is 4.79 Å². The second kappa shape index (κ2) is 9.21. The number of aromatic nitrogens is 5. The number of fused-ring (bicyclic) bond motifs is 2. The number of hydrogen-bond donors (Lipinski definition) is 1. The van der Waals surface area contributed by atoms with Gasteiger partial charge in [-0.25, -0.2) is 14.4 Å². The van der Waals surface area contributed by atoms with Crippen LogP contribution in [0.25, 0.3) is 33.5 Å². The Hall–Kier alpha value is -4.31. The lowest BCUT2D eigenvalue weighted by Crippen LogP contribution is -2.29. The second-order valence-corrected chi connectivity index (χ2v) is 9.85. The molecule has 11 heteroatoms. The van der Waals surface area contributed by atoms with Gasteiger partial charge in [-0.15, -0.1) is 0 Å². The van der Waals surface area contributed by atoms with Gasteiger partial charge in [0.15, 0.2) is 5.82 Å².